The Balaban J connectivity index is 1.82. The average molecular weight is 254 g/mol. The fraction of sp³-hybridized carbons (Fsp3) is 0.692. The third-order valence-electron chi connectivity index (χ3n) is 3.39. The molecule has 1 aliphatic rings. The van der Waals surface area contributed by atoms with E-state index in [2.05, 4.69) is 37.6 Å². The Kier molecular flexibility index (Phi) is 4.07. The zero-order valence-electron chi connectivity index (χ0n) is 11.2. The number of aryl methyl sites for hydroxylation is 2. The van der Waals surface area contributed by atoms with Gasteiger partial charge >= 0.3 is 0 Å². The van der Waals surface area contributed by atoms with E-state index in [0.29, 0.717) is 0 Å². The lowest BCUT2D eigenvalue weighted by Gasteiger charge is -2.16. The van der Waals surface area contributed by atoms with Crippen LogP contribution >= 0.6 is 11.3 Å². The van der Waals surface area contributed by atoms with Crippen LogP contribution in [0.15, 0.2) is 0 Å². The first-order chi connectivity index (χ1) is 8.08. The number of ether oxygens (including phenoxy) is 1. The lowest BCUT2D eigenvalue weighted by Crippen LogP contribution is -2.27. The monoisotopic (exact) mass is 254 g/mol. The molecule has 1 aromatic rings. The minimum absolute atomic E-state index is 0.797. The fourth-order valence-corrected chi connectivity index (χ4v) is 3.25. The first-order valence-electron chi connectivity index (χ1n) is 6.18. The van der Waals surface area contributed by atoms with E-state index in [1.807, 2.05) is 11.3 Å². The van der Waals surface area contributed by atoms with Crippen LogP contribution in [0.5, 0.6) is 5.75 Å². The van der Waals surface area contributed by atoms with Crippen LogP contribution in [0.2, 0.25) is 0 Å². The number of nitrogens with zero attached hydrogens (tertiary/aromatic N) is 2. The quantitative estimate of drug-likeness (QED) is 0.819. The number of hydrogen-bond acceptors (Lipinski definition) is 4. The van der Waals surface area contributed by atoms with Crippen LogP contribution in [0, 0.1) is 20.8 Å². The van der Waals surface area contributed by atoms with Gasteiger partial charge in [0, 0.05) is 35.0 Å². The van der Waals surface area contributed by atoms with Gasteiger partial charge in [0.05, 0.1) is 6.67 Å². The van der Waals surface area contributed by atoms with Crippen molar-refractivity contribution in [3.63, 3.8) is 0 Å². The van der Waals surface area contributed by atoms with Gasteiger partial charge in [0.1, 0.15) is 12.4 Å². The molecule has 1 saturated heterocycles. The maximum atomic E-state index is 5.94. The van der Waals surface area contributed by atoms with Crippen molar-refractivity contribution in [2.45, 2.75) is 20.8 Å². The summed E-state index contributed by atoms with van der Waals surface area (Å²) in [4.78, 5) is 7.45. The summed E-state index contributed by atoms with van der Waals surface area (Å²) in [6.07, 6.45) is 0. The van der Waals surface area contributed by atoms with Gasteiger partial charge in [-0.2, -0.15) is 0 Å². The lowest BCUT2D eigenvalue weighted by atomic mass is 10.2. The fourth-order valence-electron chi connectivity index (χ4n) is 2.24. The molecule has 2 rings (SSSR count). The zero-order chi connectivity index (χ0) is 12.4. The molecular weight excluding hydrogens is 232 g/mol. The van der Waals surface area contributed by atoms with Gasteiger partial charge in [-0.1, -0.05) is 0 Å². The smallest absolute Gasteiger partial charge is 0.136 e. The van der Waals surface area contributed by atoms with Crippen molar-refractivity contribution in [3.8, 4) is 5.75 Å². The summed E-state index contributed by atoms with van der Waals surface area (Å²) in [6.45, 7) is 11.7. The molecule has 3 nitrogen and oxygen atoms in total. The molecule has 0 saturated carbocycles. The van der Waals surface area contributed by atoms with Crippen LogP contribution in [0.3, 0.4) is 0 Å². The maximum absolute atomic E-state index is 5.94. The van der Waals surface area contributed by atoms with Gasteiger partial charge in [0.2, 0.25) is 0 Å². The van der Waals surface area contributed by atoms with Crippen LogP contribution in [0.4, 0.5) is 0 Å². The van der Waals surface area contributed by atoms with Crippen LogP contribution < -0.4 is 4.74 Å². The molecule has 0 unspecified atom stereocenters. The van der Waals surface area contributed by atoms with E-state index in [-0.39, 0.29) is 0 Å². The second-order valence-electron chi connectivity index (χ2n) is 4.86. The Morgan fingerprint density at radius 3 is 2.47 bits per heavy atom. The van der Waals surface area contributed by atoms with Crippen molar-refractivity contribution in [2.24, 2.45) is 0 Å². The second kappa shape index (κ2) is 5.38. The Bertz CT molecular complexity index is 389. The lowest BCUT2D eigenvalue weighted by molar-refractivity contribution is 0.214. The van der Waals surface area contributed by atoms with Crippen molar-refractivity contribution in [3.05, 3.63) is 15.3 Å². The predicted molar refractivity (Wildman–Crippen MR) is 73.1 cm³/mol. The summed E-state index contributed by atoms with van der Waals surface area (Å²) in [5.74, 6) is 1.11. The molecule has 0 aromatic carbocycles. The third kappa shape index (κ3) is 3.00. The number of hydrogen-bond donors (Lipinski definition) is 0. The number of thiophene rings is 1. The van der Waals surface area contributed by atoms with Crippen molar-refractivity contribution in [2.75, 3.05) is 40.0 Å². The highest BCUT2D eigenvalue weighted by atomic mass is 32.1. The van der Waals surface area contributed by atoms with Gasteiger partial charge < -0.3 is 4.74 Å². The van der Waals surface area contributed by atoms with Crippen molar-refractivity contribution in [1.29, 1.82) is 0 Å². The van der Waals surface area contributed by atoms with E-state index in [9.17, 15) is 0 Å². The highest BCUT2D eigenvalue weighted by Gasteiger charge is 2.16. The van der Waals surface area contributed by atoms with E-state index in [0.717, 1.165) is 25.6 Å². The Labute approximate surface area is 108 Å². The van der Waals surface area contributed by atoms with Gasteiger partial charge in [0.15, 0.2) is 0 Å². The minimum Gasteiger partial charge on any atom is -0.491 e. The Morgan fingerprint density at radius 2 is 1.94 bits per heavy atom. The SMILES string of the molecule is Cc1sc(C)c(OCCN2CCN(C)C2)c1C. The van der Waals surface area contributed by atoms with E-state index in [4.69, 9.17) is 4.74 Å². The predicted octanol–water partition coefficient (Wildman–Crippen LogP) is 2.26. The average Bonchev–Trinajstić information content (AvgIpc) is 2.78. The maximum Gasteiger partial charge on any atom is 0.136 e. The normalized spacial score (nSPS) is 17.9. The topological polar surface area (TPSA) is 15.7 Å². The molecule has 0 bridgehead atoms. The molecule has 1 fully saturated rings. The van der Waals surface area contributed by atoms with Crippen molar-refractivity contribution < 1.29 is 4.74 Å². The molecule has 1 aliphatic heterocycles. The molecular formula is C13H22N2OS. The zero-order valence-corrected chi connectivity index (χ0v) is 12.1. The summed E-state index contributed by atoms with van der Waals surface area (Å²) in [5, 5.41) is 0. The Hall–Kier alpha value is -0.580. The highest BCUT2D eigenvalue weighted by Crippen LogP contribution is 2.33. The van der Waals surface area contributed by atoms with E-state index >= 15 is 0 Å². The molecule has 96 valence electrons. The van der Waals surface area contributed by atoms with Crippen LogP contribution in [0.1, 0.15) is 15.3 Å². The molecule has 1 aromatic heterocycles. The van der Waals surface area contributed by atoms with Crippen LogP contribution in [-0.4, -0.2) is 49.8 Å². The van der Waals surface area contributed by atoms with E-state index in [1.165, 1.54) is 28.4 Å². The van der Waals surface area contributed by atoms with Gasteiger partial charge in [-0.05, 0) is 27.8 Å². The van der Waals surface area contributed by atoms with E-state index in [1.54, 1.807) is 0 Å². The standard InChI is InChI=1S/C13H22N2OS/c1-10-11(2)17-12(3)13(10)16-8-7-15-6-5-14(4)9-15/h5-9H2,1-4H3. The van der Waals surface area contributed by atoms with Crippen molar-refractivity contribution in [1.82, 2.24) is 9.80 Å². The molecule has 0 aliphatic carbocycles. The molecule has 4 heteroatoms. The first-order valence-corrected chi connectivity index (χ1v) is 7.00. The molecule has 0 N–H and O–H groups in total. The molecule has 0 spiro atoms. The summed E-state index contributed by atoms with van der Waals surface area (Å²) >= 11 is 1.83. The second-order valence-corrected chi connectivity index (χ2v) is 6.29. The molecule has 0 amide bonds. The first kappa shape index (κ1) is 12.9. The molecule has 0 radical (unpaired) electrons. The third-order valence-corrected chi connectivity index (χ3v) is 4.49. The van der Waals surface area contributed by atoms with Crippen LogP contribution in [-0.2, 0) is 0 Å². The summed E-state index contributed by atoms with van der Waals surface area (Å²) in [7, 11) is 2.16. The summed E-state index contributed by atoms with van der Waals surface area (Å²) in [5.41, 5.74) is 1.31. The van der Waals surface area contributed by atoms with Crippen molar-refractivity contribution >= 4 is 11.3 Å². The largest absolute Gasteiger partial charge is 0.491 e. The van der Waals surface area contributed by atoms with E-state index < -0.39 is 0 Å². The number of rotatable bonds is 4. The highest BCUT2D eigenvalue weighted by molar-refractivity contribution is 7.12. The van der Waals surface area contributed by atoms with Gasteiger partial charge in [-0.15, -0.1) is 11.3 Å². The van der Waals surface area contributed by atoms with Gasteiger partial charge in [-0.3, -0.25) is 9.80 Å². The van der Waals surface area contributed by atoms with Crippen LogP contribution in [0.25, 0.3) is 0 Å². The van der Waals surface area contributed by atoms with Gasteiger partial charge in [0.25, 0.3) is 0 Å². The summed E-state index contributed by atoms with van der Waals surface area (Å²) in [6, 6.07) is 0. The number of likely N-dealkylation sites (N-methyl/N-ethyl adjacent to an activating group) is 1. The molecule has 2 heterocycles. The molecule has 0 atom stereocenters. The minimum atomic E-state index is 0.797. The molecule has 17 heavy (non-hydrogen) atoms. The van der Waals surface area contributed by atoms with Gasteiger partial charge in [-0.25, -0.2) is 0 Å². The summed E-state index contributed by atoms with van der Waals surface area (Å²) < 4.78 is 5.94. The Morgan fingerprint density at radius 1 is 1.18 bits per heavy atom.